The van der Waals surface area contributed by atoms with E-state index in [9.17, 15) is 8.42 Å². The summed E-state index contributed by atoms with van der Waals surface area (Å²) in [4.78, 5) is 0.191. The van der Waals surface area contributed by atoms with Gasteiger partial charge in [-0.15, -0.1) is 0 Å². The minimum absolute atomic E-state index is 0.191. The fourth-order valence-electron chi connectivity index (χ4n) is 2.81. The van der Waals surface area contributed by atoms with Crippen molar-refractivity contribution in [3.05, 3.63) is 52.3 Å². The molecule has 1 saturated carbocycles. The predicted octanol–water partition coefficient (Wildman–Crippen LogP) is 3.57. The van der Waals surface area contributed by atoms with Crippen molar-refractivity contribution in [2.75, 3.05) is 0 Å². The molecule has 3 rings (SSSR count). The van der Waals surface area contributed by atoms with Crippen LogP contribution in [0.2, 0.25) is 5.02 Å². The van der Waals surface area contributed by atoms with Crippen LogP contribution in [0.3, 0.4) is 0 Å². The number of aryl methyl sites for hydroxylation is 1. The van der Waals surface area contributed by atoms with Crippen LogP contribution in [-0.4, -0.2) is 13.0 Å². The summed E-state index contributed by atoms with van der Waals surface area (Å²) in [6, 6.07) is 8.95. The van der Waals surface area contributed by atoms with Gasteiger partial charge in [0, 0.05) is 29.0 Å². The number of hydrogen-bond acceptors (Lipinski definition) is 2. The Morgan fingerprint density at radius 1 is 1.27 bits per heavy atom. The van der Waals surface area contributed by atoms with Gasteiger partial charge in [0.1, 0.15) is 0 Å². The minimum atomic E-state index is -3.55. The van der Waals surface area contributed by atoms with Crippen molar-refractivity contribution in [3.63, 3.8) is 0 Å². The van der Waals surface area contributed by atoms with Crippen LogP contribution in [0.4, 0.5) is 0 Å². The highest BCUT2D eigenvalue weighted by Gasteiger charge is 2.27. The highest BCUT2D eigenvalue weighted by Crippen LogP contribution is 2.38. The van der Waals surface area contributed by atoms with Crippen LogP contribution in [0, 0.1) is 13.8 Å². The van der Waals surface area contributed by atoms with E-state index in [0.29, 0.717) is 17.6 Å². The third kappa shape index (κ3) is 3.07. The molecule has 0 unspecified atom stereocenters. The Balaban J connectivity index is 1.79. The number of hydrogen-bond donors (Lipinski definition) is 1. The Labute approximate surface area is 136 Å². The second-order valence-electron chi connectivity index (χ2n) is 5.78. The molecule has 4 nitrogen and oxygen atoms in total. The first kappa shape index (κ1) is 15.6. The maximum atomic E-state index is 12.3. The van der Waals surface area contributed by atoms with Gasteiger partial charge >= 0.3 is 0 Å². The molecule has 0 amide bonds. The number of halogens is 1. The number of sulfonamides is 1. The molecular formula is C16H19ClN2O2S. The van der Waals surface area contributed by atoms with Crippen molar-refractivity contribution in [2.45, 2.75) is 44.2 Å². The highest BCUT2D eigenvalue weighted by molar-refractivity contribution is 7.89. The van der Waals surface area contributed by atoms with Gasteiger partial charge in [-0.2, -0.15) is 0 Å². The van der Waals surface area contributed by atoms with Gasteiger partial charge in [0.15, 0.2) is 0 Å². The van der Waals surface area contributed by atoms with Gasteiger partial charge in [-0.1, -0.05) is 17.7 Å². The maximum absolute atomic E-state index is 12.3. The molecule has 118 valence electrons. The average Bonchev–Trinajstić information content (AvgIpc) is 3.24. The number of nitrogens with one attached hydrogen (secondary N) is 1. The number of nitrogens with zero attached hydrogens (tertiary/aromatic N) is 1. The van der Waals surface area contributed by atoms with Gasteiger partial charge in [-0.25, -0.2) is 13.1 Å². The topological polar surface area (TPSA) is 51.1 Å². The van der Waals surface area contributed by atoms with Crippen molar-refractivity contribution < 1.29 is 8.42 Å². The molecule has 0 radical (unpaired) electrons. The molecule has 0 bridgehead atoms. The molecule has 1 aromatic heterocycles. The molecule has 0 saturated heterocycles. The van der Waals surface area contributed by atoms with Gasteiger partial charge in [0.25, 0.3) is 0 Å². The number of rotatable bonds is 5. The van der Waals surface area contributed by atoms with Gasteiger partial charge < -0.3 is 4.57 Å². The van der Waals surface area contributed by atoms with E-state index in [4.69, 9.17) is 11.6 Å². The SMILES string of the molecule is Cc1cc(CNS(=O)(=O)c2cccc(Cl)c2)c(C)n1C1CC1. The second-order valence-corrected chi connectivity index (χ2v) is 7.98. The average molecular weight is 339 g/mol. The molecule has 1 fully saturated rings. The summed E-state index contributed by atoms with van der Waals surface area (Å²) in [7, 11) is -3.55. The highest BCUT2D eigenvalue weighted by atomic mass is 35.5. The van der Waals surface area contributed by atoms with E-state index >= 15 is 0 Å². The fraction of sp³-hybridized carbons (Fsp3) is 0.375. The van der Waals surface area contributed by atoms with E-state index in [0.717, 1.165) is 11.3 Å². The third-order valence-electron chi connectivity index (χ3n) is 4.06. The van der Waals surface area contributed by atoms with Gasteiger partial charge in [0.05, 0.1) is 4.90 Å². The molecule has 1 heterocycles. The molecule has 1 aliphatic carbocycles. The van der Waals surface area contributed by atoms with E-state index in [1.54, 1.807) is 18.2 Å². The summed E-state index contributed by atoms with van der Waals surface area (Å²) in [6.07, 6.45) is 2.42. The van der Waals surface area contributed by atoms with Crippen molar-refractivity contribution in [1.29, 1.82) is 0 Å². The van der Waals surface area contributed by atoms with Crippen molar-refractivity contribution >= 4 is 21.6 Å². The summed E-state index contributed by atoms with van der Waals surface area (Å²) < 4.78 is 29.6. The lowest BCUT2D eigenvalue weighted by atomic mass is 10.2. The zero-order chi connectivity index (χ0) is 15.9. The van der Waals surface area contributed by atoms with Crippen LogP contribution in [-0.2, 0) is 16.6 Å². The lowest BCUT2D eigenvalue weighted by Gasteiger charge is -2.09. The van der Waals surface area contributed by atoms with Crippen molar-refractivity contribution in [1.82, 2.24) is 9.29 Å². The molecule has 1 aliphatic rings. The molecule has 0 atom stereocenters. The largest absolute Gasteiger partial charge is 0.346 e. The van der Waals surface area contributed by atoms with Gasteiger partial charge in [-0.05, 0) is 56.5 Å². The Kier molecular flexibility index (Phi) is 4.05. The predicted molar refractivity (Wildman–Crippen MR) is 87.7 cm³/mol. The number of aromatic nitrogens is 1. The van der Waals surface area contributed by atoms with Crippen LogP contribution >= 0.6 is 11.6 Å². The van der Waals surface area contributed by atoms with E-state index in [1.165, 1.54) is 24.6 Å². The molecular weight excluding hydrogens is 320 g/mol. The first-order chi connectivity index (χ1) is 10.4. The quantitative estimate of drug-likeness (QED) is 0.906. The smallest absolute Gasteiger partial charge is 0.240 e. The molecule has 0 aliphatic heterocycles. The Hall–Kier alpha value is -1.30. The zero-order valence-corrected chi connectivity index (χ0v) is 14.2. The van der Waals surface area contributed by atoms with Crippen LogP contribution < -0.4 is 4.72 Å². The van der Waals surface area contributed by atoms with Gasteiger partial charge in [-0.3, -0.25) is 0 Å². The Morgan fingerprint density at radius 3 is 2.64 bits per heavy atom. The van der Waals surface area contributed by atoms with Crippen LogP contribution in [0.25, 0.3) is 0 Å². The van der Waals surface area contributed by atoms with Crippen LogP contribution in [0.15, 0.2) is 35.2 Å². The van der Waals surface area contributed by atoms with Crippen molar-refractivity contribution in [3.8, 4) is 0 Å². The maximum Gasteiger partial charge on any atom is 0.240 e. The Morgan fingerprint density at radius 2 is 2.00 bits per heavy atom. The van der Waals surface area contributed by atoms with Crippen LogP contribution in [0.1, 0.15) is 35.8 Å². The normalized spacial score (nSPS) is 15.2. The summed E-state index contributed by atoms with van der Waals surface area (Å²) in [5.41, 5.74) is 3.36. The third-order valence-corrected chi connectivity index (χ3v) is 5.69. The minimum Gasteiger partial charge on any atom is -0.346 e. The van der Waals surface area contributed by atoms with E-state index in [-0.39, 0.29) is 4.90 Å². The second kappa shape index (κ2) is 5.72. The molecule has 22 heavy (non-hydrogen) atoms. The zero-order valence-electron chi connectivity index (χ0n) is 12.6. The van der Waals surface area contributed by atoms with E-state index in [2.05, 4.69) is 22.3 Å². The first-order valence-corrected chi connectivity index (χ1v) is 9.17. The van der Waals surface area contributed by atoms with Crippen molar-refractivity contribution in [2.24, 2.45) is 0 Å². The fourth-order valence-corrected chi connectivity index (χ4v) is 4.12. The summed E-state index contributed by atoms with van der Waals surface area (Å²) in [6.45, 7) is 4.41. The molecule has 2 aromatic rings. The molecule has 1 N–H and O–H groups in total. The molecule has 1 aromatic carbocycles. The monoisotopic (exact) mass is 338 g/mol. The molecule has 6 heteroatoms. The Bertz CT molecular complexity index is 808. The standard InChI is InChI=1S/C16H19ClN2O2S/c1-11-8-13(12(2)19(11)15-6-7-15)10-18-22(20,21)16-5-3-4-14(17)9-16/h3-5,8-9,15,18H,6-7,10H2,1-2H3. The van der Waals surface area contributed by atoms with Gasteiger partial charge in [0.2, 0.25) is 10.0 Å². The van der Waals surface area contributed by atoms with Crippen LogP contribution in [0.5, 0.6) is 0 Å². The summed E-state index contributed by atoms with van der Waals surface area (Å²) >= 11 is 5.86. The number of benzene rings is 1. The van der Waals surface area contributed by atoms with E-state index in [1.807, 2.05) is 6.92 Å². The van der Waals surface area contributed by atoms with E-state index < -0.39 is 10.0 Å². The summed E-state index contributed by atoms with van der Waals surface area (Å²) in [5.74, 6) is 0. The summed E-state index contributed by atoms with van der Waals surface area (Å²) in [5, 5.41) is 0.412. The first-order valence-electron chi connectivity index (χ1n) is 7.31. The molecule has 0 spiro atoms. The lowest BCUT2D eigenvalue weighted by Crippen LogP contribution is -2.23. The lowest BCUT2D eigenvalue weighted by molar-refractivity contribution is 0.581.